The van der Waals surface area contributed by atoms with Crippen molar-refractivity contribution in [2.75, 3.05) is 13.2 Å². The molecule has 0 aromatic heterocycles. The van der Waals surface area contributed by atoms with Gasteiger partial charge in [-0.2, -0.15) is 9.78 Å². The third kappa shape index (κ3) is 9.41. The fourth-order valence-electron chi connectivity index (χ4n) is 4.28. The van der Waals surface area contributed by atoms with E-state index in [4.69, 9.17) is 14.5 Å². The second-order valence-corrected chi connectivity index (χ2v) is 9.58. The summed E-state index contributed by atoms with van der Waals surface area (Å²) in [6, 6.07) is 0. The van der Waals surface area contributed by atoms with Crippen LogP contribution in [0.25, 0.3) is 0 Å². The van der Waals surface area contributed by atoms with Crippen LogP contribution in [0.15, 0.2) is 0 Å². The smallest absolute Gasteiger partial charge is 0.358 e. The first-order valence-electron chi connectivity index (χ1n) is 11.4. The van der Waals surface area contributed by atoms with Gasteiger partial charge in [-0.1, -0.05) is 38.5 Å². The fourth-order valence-corrected chi connectivity index (χ4v) is 4.28. The third-order valence-corrected chi connectivity index (χ3v) is 6.37. The summed E-state index contributed by atoms with van der Waals surface area (Å²) in [5, 5.41) is 9.28. The maximum absolute atomic E-state index is 11.6. The van der Waals surface area contributed by atoms with Crippen molar-refractivity contribution in [3.63, 3.8) is 0 Å². The predicted molar refractivity (Wildman–Crippen MR) is 109 cm³/mol. The largest absolute Gasteiger partial charge is 0.371 e. The fraction of sp³-hybridized carbons (Fsp3) is 0.909. The number of hydrogen-bond acceptors (Lipinski definition) is 9. The van der Waals surface area contributed by atoms with E-state index < -0.39 is 36.4 Å². The van der Waals surface area contributed by atoms with Crippen LogP contribution >= 0.6 is 0 Å². The van der Waals surface area contributed by atoms with Gasteiger partial charge in [-0.05, 0) is 75.3 Å². The highest BCUT2D eigenvalue weighted by atomic mass is 17.5. The first kappa shape index (κ1) is 26.0. The summed E-state index contributed by atoms with van der Waals surface area (Å²) < 4.78 is 4.94. The second kappa shape index (κ2) is 12.7. The van der Waals surface area contributed by atoms with E-state index in [-0.39, 0.29) is 0 Å². The Labute approximate surface area is 184 Å². The van der Waals surface area contributed by atoms with Gasteiger partial charge in [0.05, 0.1) is 0 Å². The maximum atomic E-state index is 11.6. The van der Waals surface area contributed by atoms with Crippen LogP contribution in [0.4, 0.5) is 0 Å². The molecule has 0 heterocycles. The maximum Gasteiger partial charge on any atom is 0.371 e. The lowest BCUT2D eigenvalue weighted by Gasteiger charge is -2.34. The number of hydrogen-bond donors (Lipinski definition) is 0. The van der Waals surface area contributed by atoms with E-state index in [2.05, 4.69) is 19.9 Å². The van der Waals surface area contributed by atoms with Crippen molar-refractivity contribution in [1.29, 1.82) is 0 Å². The average molecular weight is 447 g/mol. The van der Waals surface area contributed by atoms with E-state index in [0.29, 0.717) is 11.8 Å². The lowest BCUT2D eigenvalue weighted by atomic mass is 9.79. The van der Waals surface area contributed by atoms with Gasteiger partial charge in [-0.15, -0.1) is 0 Å². The van der Waals surface area contributed by atoms with E-state index in [0.717, 1.165) is 51.4 Å². The summed E-state index contributed by atoms with van der Waals surface area (Å²) in [6.07, 6.45) is 11.3. The zero-order valence-corrected chi connectivity index (χ0v) is 19.3. The molecule has 9 nitrogen and oxygen atoms in total. The molecule has 0 aromatic rings. The van der Waals surface area contributed by atoms with Crippen molar-refractivity contribution in [3.05, 3.63) is 0 Å². The normalized spacial score (nSPS) is 19.2. The Morgan fingerprint density at radius 1 is 0.645 bits per heavy atom. The van der Waals surface area contributed by atoms with E-state index in [1.807, 2.05) is 27.7 Å². The number of carbonyl (C=O) groups excluding carboxylic acids is 2. The molecular weight excluding hydrogens is 408 g/mol. The highest BCUT2D eigenvalue weighted by Gasteiger charge is 2.34. The summed E-state index contributed by atoms with van der Waals surface area (Å²) in [4.78, 5) is 42.9. The Morgan fingerprint density at radius 2 is 1.00 bits per heavy atom. The van der Waals surface area contributed by atoms with Crippen LogP contribution in [-0.4, -0.2) is 36.4 Å². The Hall–Kier alpha value is -1.26. The number of rotatable bonds is 12. The molecule has 2 aliphatic carbocycles. The molecule has 0 atom stereocenters. The van der Waals surface area contributed by atoms with Crippen LogP contribution < -0.4 is 0 Å². The van der Waals surface area contributed by atoms with Crippen molar-refractivity contribution in [2.24, 2.45) is 11.8 Å². The van der Waals surface area contributed by atoms with E-state index in [1.165, 1.54) is 12.8 Å². The van der Waals surface area contributed by atoms with Crippen LogP contribution in [0.5, 0.6) is 0 Å². The summed E-state index contributed by atoms with van der Waals surface area (Å²) in [6.45, 7) is 6.61. The quantitative estimate of drug-likeness (QED) is 0.316. The molecule has 2 aliphatic rings. The van der Waals surface area contributed by atoms with Crippen LogP contribution in [-0.2, 0) is 44.0 Å². The van der Waals surface area contributed by atoms with Gasteiger partial charge in [0.1, 0.15) is 24.4 Å². The van der Waals surface area contributed by atoms with Crippen molar-refractivity contribution < 1.29 is 44.0 Å². The SMILES string of the molecule is CC(C)(OOOC(=O)COCC(=O)OOOC(C)(C)C1CCCCC1)C1CCCCC1. The molecule has 2 saturated carbocycles. The molecule has 0 aromatic carbocycles. The zero-order chi connectivity index (χ0) is 22.7. The standard InChI is InChI=1S/C22H38O9/c1-21(2,17-11-7-5-8-12-17)28-30-26-19(23)15-25-16-20(24)27-31-29-22(3,4)18-13-9-6-10-14-18/h17-18H,5-16H2,1-4H3. The third-order valence-electron chi connectivity index (χ3n) is 6.37. The van der Waals surface area contributed by atoms with Crippen molar-refractivity contribution in [1.82, 2.24) is 0 Å². The molecule has 9 heteroatoms. The molecule has 0 radical (unpaired) electrons. The van der Waals surface area contributed by atoms with Gasteiger partial charge in [-0.25, -0.2) is 9.59 Å². The first-order chi connectivity index (χ1) is 14.7. The summed E-state index contributed by atoms with van der Waals surface area (Å²) in [7, 11) is 0. The van der Waals surface area contributed by atoms with Crippen molar-refractivity contribution in [2.45, 2.75) is 103 Å². The molecule has 31 heavy (non-hydrogen) atoms. The van der Waals surface area contributed by atoms with E-state index in [1.54, 1.807) is 0 Å². The van der Waals surface area contributed by atoms with Crippen LogP contribution in [0.2, 0.25) is 0 Å². The minimum atomic E-state index is -0.831. The first-order valence-corrected chi connectivity index (χ1v) is 11.4. The van der Waals surface area contributed by atoms with Gasteiger partial charge in [0.15, 0.2) is 0 Å². The van der Waals surface area contributed by atoms with Gasteiger partial charge in [0.25, 0.3) is 0 Å². The van der Waals surface area contributed by atoms with Gasteiger partial charge in [0.2, 0.25) is 0 Å². The topological polar surface area (TPSA) is 98.8 Å². The average Bonchev–Trinajstić information content (AvgIpc) is 2.75. The molecule has 0 spiro atoms. The molecule has 0 amide bonds. The Bertz CT molecular complexity index is 501. The Balaban J connectivity index is 1.52. The zero-order valence-electron chi connectivity index (χ0n) is 19.3. The van der Waals surface area contributed by atoms with Gasteiger partial charge in [0, 0.05) is 0 Å². The van der Waals surface area contributed by atoms with Gasteiger partial charge in [-0.3, -0.25) is 9.78 Å². The van der Waals surface area contributed by atoms with Crippen molar-refractivity contribution >= 4 is 11.9 Å². The summed E-state index contributed by atoms with van der Waals surface area (Å²) >= 11 is 0. The van der Waals surface area contributed by atoms with Gasteiger partial charge < -0.3 is 4.74 Å². The number of carbonyl (C=O) groups is 2. The summed E-state index contributed by atoms with van der Waals surface area (Å²) in [5.74, 6) is -0.974. The lowest BCUT2D eigenvalue weighted by Crippen LogP contribution is -2.36. The highest BCUT2D eigenvalue weighted by molar-refractivity contribution is 5.72. The minimum Gasteiger partial charge on any atom is -0.358 e. The molecule has 0 saturated heterocycles. The Kier molecular flexibility index (Phi) is 10.6. The monoisotopic (exact) mass is 446 g/mol. The number of ether oxygens (including phenoxy) is 1. The summed E-state index contributed by atoms with van der Waals surface area (Å²) in [5.41, 5.74) is -1.12. The van der Waals surface area contributed by atoms with Crippen LogP contribution in [0.3, 0.4) is 0 Å². The minimum absolute atomic E-state index is 0.344. The second-order valence-electron chi connectivity index (χ2n) is 9.58. The molecule has 0 bridgehead atoms. The molecule has 180 valence electrons. The van der Waals surface area contributed by atoms with Crippen molar-refractivity contribution in [3.8, 4) is 0 Å². The van der Waals surface area contributed by atoms with Gasteiger partial charge >= 0.3 is 11.9 Å². The molecule has 0 aliphatic heterocycles. The van der Waals surface area contributed by atoms with E-state index in [9.17, 15) is 9.59 Å². The molecule has 0 N–H and O–H groups in total. The molecule has 0 unspecified atom stereocenters. The highest BCUT2D eigenvalue weighted by Crippen LogP contribution is 2.35. The Morgan fingerprint density at radius 3 is 1.35 bits per heavy atom. The van der Waals surface area contributed by atoms with Crippen LogP contribution in [0, 0.1) is 11.8 Å². The molecule has 2 rings (SSSR count). The predicted octanol–water partition coefficient (Wildman–Crippen LogP) is 4.53. The van der Waals surface area contributed by atoms with Crippen LogP contribution in [0.1, 0.15) is 91.9 Å². The molecular formula is C22H38O9. The lowest BCUT2D eigenvalue weighted by molar-refractivity contribution is -0.523. The van der Waals surface area contributed by atoms with E-state index >= 15 is 0 Å². The molecule has 2 fully saturated rings.